The Kier molecular flexibility index (Phi) is 4.35. The number of nitrogens with one attached hydrogen (secondary N) is 1. The molecule has 0 spiro atoms. The Labute approximate surface area is 124 Å². The molecule has 21 heavy (non-hydrogen) atoms. The normalized spacial score (nSPS) is 23.3. The van der Waals surface area contributed by atoms with Gasteiger partial charge in [-0.2, -0.15) is 15.0 Å². The van der Waals surface area contributed by atoms with E-state index in [9.17, 15) is 0 Å². The van der Waals surface area contributed by atoms with Crippen molar-refractivity contribution in [1.82, 2.24) is 19.9 Å². The van der Waals surface area contributed by atoms with Gasteiger partial charge >= 0.3 is 6.01 Å². The van der Waals surface area contributed by atoms with Crippen LogP contribution in [0.25, 0.3) is 0 Å². The Bertz CT molecular complexity index is 457. The predicted molar refractivity (Wildman–Crippen MR) is 78.9 cm³/mol. The lowest BCUT2D eigenvalue weighted by molar-refractivity contribution is 0.0209. The Morgan fingerprint density at radius 2 is 2.00 bits per heavy atom. The van der Waals surface area contributed by atoms with Gasteiger partial charge in [-0.3, -0.25) is 4.90 Å². The summed E-state index contributed by atoms with van der Waals surface area (Å²) in [7, 11) is 3.36. The molecule has 3 rings (SSSR count). The van der Waals surface area contributed by atoms with Crippen molar-refractivity contribution < 1.29 is 9.47 Å². The minimum absolute atomic E-state index is 0.346. The highest BCUT2D eigenvalue weighted by Gasteiger charge is 2.30. The lowest BCUT2D eigenvalue weighted by Gasteiger charge is -2.32. The van der Waals surface area contributed by atoms with Gasteiger partial charge in [-0.15, -0.1) is 0 Å². The van der Waals surface area contributed by atoms with Gasteiger partial charge in [0.1, 0.15) is 0 Å². The number of rotatable bonds is 4. The molecule has 1 unspecified atom stereocenters. The maximum atomic E-state index is 5.42. The summed E-state index contributed by atoms with van der Waals surface area (Å²) in [6.07, 6.45) is 1.13. The van der Waals surface area contributed by atoms with Crippen LogP contribution >= 0.6 is 0 Å². The van der Waals surface area contributed by atoms with Crippen LogP contribution in [0.3, 0.4) is 0 Å². The Morgan fingerprint density at radius 3 is 2.71 bits per heavy atom. The van der Waals surface area contributed by atoms with Crippen molar-refractivity contribution in [3.8, 4) is 6.01 Å². The largest absolute Gasteiger partial charge is 0.467 e. The third-order valence-corrected chi connectivity index (χ3v) is 4.02. The summed E-state index contributed by atoms with van der Waals surface area (Å²) < 4.78 is 10.6. The first-order valence-electron chi connectivity index (χ1n) is 7.34. The number of ether oxygens (including phenoxy) is 2. The molecule has 0 radical (unpaired) electrons. The first-order valence-corrected chi connectivity index (χ1v) is 7.34. The molecule has 1 aromatic heterocycles. The quantitative estimate of drug-likeness (QED) is 0.820. The van der Waals surface area contributed by atoms with Gasteiger partial charge in [0.2, 0.25) is 11.9 Å². The van der Waals surface area contributed by atoms with E-state index in [4.69, 9.17) is 9.47 Å². The second-order valence-electron chi connectivity index (χ2n) is 5.23. The summed E-state index contributed by atoms with van der Waals surface area (Å²) in [5.41, 5.74) is 0. The average Bonchev–Trinajstić information content (AvgIpc) is 3.05. The van der Waals surface area contributed by atoms with Gasteiger partial charge in [0.15, 0.2) is 0 Å². The van der Waals surface area contributed by atoms with Gasteiger partial charge < -0.3 is 19.7 Å². The molecule has 0 amide bonds. The average molecular weight is 294 g/mol. The van der Waals surface area contributed by atoms with E-state index in [0.29, 0.717) is 23.9 Å². The molecule has 1 aromatic rings. The van der Waals surface area contributed by atoms with Crippen LogP contribution in [0.4, 0.5) is 11.9 Å². The smallest absolute Gasteiger partial charge is 0.322 e. The molecule has 1 atom stereocenters. The number of morpholine rings is 1. The van der Waals surface area contributed by atoms with Crippen molar-refractivity contribution in [2.45, 2.75) is 12.5 Å². The van der Waals surface area contributed by atoms with E-state index in [2.05, 4.69) is 30.1 Å². The zero-order chi connectivity index (χ0) is 14.7. The molecule has 3 heterocycles. The van der Waals surface area contributed by atoms with Crippen LogP contribution in [0, 0.1) is 0 Å². The molecule has 2 aliphatic rings. The number of methoxy groups -OCH3 is 1. The van der Waals surface area contributed by atoms with Gasteiger partial charge in [-0.25, -0.2) is 0 Å². The molecule has 0 saturated carbocycles. The summed E-state index contributed by atoms with van der Waals surface area (Å²) in [4.78, 5) is 17.6. The Hall–Kier alpha value is -1.67. The fourth-order valence-electron chi connectivity index (χ4n) is 2.85. The highest BCUT2D eigenvalue weighted by Crippen LogP contribution is 2.22. The maximum absolute atomic E-state index is 5.42. The second-order valence-corrected chi connectivity index (χ2v) is 5.23. The van der Waals surface area contributed by atoms with Gasteiger partial charge in [0, 0.05) is 39.3 Å². The minimum atomic E-state index is 0.346. The molecular weight excluding hydrogens is 272 g/mol. The zero-order valence-corrected chi connectivity index (χ0v) is 12.6. The van der Waals surface area contributed by atoms with Crippen LogP contribution in [0.2, 0.25) is 0 Å². The van der Waals surface area contributed by atoms with Crippen molar-refractivity contribution in [2.75, 3.05) is 63.8 Å². The van der Waals surface area contributed by atoms with Crippen molar-refractivity contribution in [3.63, 3.8) is 0 Å². The molecule has 2 aliphatic heterocycles. The second kappa shape index (κ2) is 6.40. The van der Waals surface area contributed by atoms with E-state index in [-0.39, 0.29) is 0 Å². The predicted octanol–water partition coefficient (Wildman–Crippen LogP) is -0.167. The maximum Gasteiger partial charge on any atom is 0.322 e. The summed E-state index contributed by atoms with van der Waals surface area (Å²) in [6.45, 7) is 5.59. The van der Waals surface area contributed by atoms with Crippen LogP contribution in [-0.4, -0.2) is 79.4 Å². The molecule has 8 heteroatoms. The Balaban J connectivity index is 1.70. The molecular formula is C13H22N6O2. The molecule has 0 aliphatic carbocycles. The summed E-state index contributed by atoms with van der Waals surface area (Å²) in [5.74, 6) is 1.22. The molecule has 0 aromatic carbocycles. The minimum Gasteiger partial charge on any atom is -0.467 e. The number of nitrogens with zero attached hydrogens (tertiary/aromatic N) is 5. The first kappa shape index (κ1) is 14.3. The Morgan fingerprint density at radius 1 is 1.19 bits per heavy atom. The highest BCUT2D eigenvalue weighted by atomic mass is 16.5. The molecule has 1 N–H and O–H groups in total. The number of aromatic nitrogens is 3. The van der Waals surface area contributed by atoms with E-state index >= 15 is 0 Å². The van der Waals surface area contributed by atoms with E-state index < -0.39 is 0 Å². The summed E-state index contributed by atoms with van der Waals surface area (Å²) in [5, 5.41) is 2.94. The van der Waals surface area contributed by atoms with Crippen LogP contribution in [0.15, 0.2) is 0 Å². The van der Waals surface area contributed by atoms with E-state index in [1.807, 2.05) is 0 Å². The van der Waals surface area contributed by atoms with Gasteiger partial charge in [0.25, 0.3) is 0 Å². The molecule has 2 saturated heterocycles. The third-order valence-electron chi connectivity index (χ3n) is 4.02. The van der Waals surface area contributed by atoms with Crippen LogP contribution < -0.4 is 15.0 Å². The van der Waals surface area contributed by atoms with Gasteiger partial charge in [-0.1, -0.05) is 0 Å². The molecule has 8 nitrogen and oxygen atoms in total. The fraction of sp³-hybridized carbons (Fsp3) is 0.769. The van der Waals surface area contributed by atoms with Gasteiger partial charge in [-0.05, 0) is 6.42 Å². The molecule has 116 valence electrons. The first-order chi connectivity index (χ1) is 10.3. The third kappa shape index (κ3) is 3.16. The van der Waals surface area contributed by atoms with Crippen molar-refractivity contribution in [3.05, 3.63) is 0 Å². The van der Waals surface area contributed by atoms with E-state index in [1.54, 1.807) is 14.2 Å². The number of hydrogen-bond donors (Lipinski definition) is 1. The topological polar surface area (TPSA) is 75.6 Å². The van der Waals surface area contributed by atoms with Crippen molar-refractivity contribution in [2.24, 2.45) is 0 Å². The lowest BCUT2D eigenvalue weighted by atomic mass is 10.2. The summed E-state index contributed by atoms with van der Waals surface area (Å²) >= 11 is 0. The SMILES string of the molecule is CNc1nc(OC)nc(N2CCC(N3CCOCC3)C2)n1. The van der Waals surface area contributed by atoms with Crippen molar-refractivity contribution >= 4 is 11.9 Å². The van der Waals surface area contributed by atoms with Crippen LogP contribution in [0.5, 0.6) is 6.01 Å². The molecule has 2 fully saturated rings. The number of anilines is 2. The standard InChI is InChI=1S/C13H22N6O2/c1-14-11-15-12(17-13(16-11)20-2)19-4-3-10(9-19)18-5-7-21-8-6-18/h10H,3-9H2,1-2H3,(H,14,15,16,17). The van der Waals surface area contributed by atoms with E-state index in [1.165, 1.54) is 0 Å². The van der Waals surface area contributed by atoms with Crippen LogP contribution in [-0.2, 0) is 4.74 Å². The van der Waals surface area contributed by atoms with Gasteiger partial charge in [0.05, 0.1) is 20.3 Å². The zero-order valence-electron chi connectivity index (χ0n) is 12.6. The van der Waals surface area contributed by atoms with Crippen LogP contribution in [0.1, 0.15) is 6.42 Å². The molecule has 0 bridgehead atoms. The highest BCUT2D eigenvalue weighted by molar-refractivity contribution is 5.39. The number of hydrogen-bond acceptors (Lipinski definition) is 8. The van der Waals surface area contributed by atoms with E-state index in [0.717, 1.165) is 45.8 Å². The fourth-order valence-corrected chi connectivity index (χ4v) is 2.85. The lowest BCUT2D eigenvalue weighted by Crippen LogP contribution is -2.44. The van der Waals surface area contributed by atoms with Crippen molar-refractivity contribution in [1.29, 1.82) is 0 Å². The monoisotopic (exact) mass is 294 g/mol. The summed E-state index contributed by atoms with van der Waals surface area (Å²) in [6, 6.07) is 0.897.